The topological polar surface area (TPSA) is 77.0 Å². The number of rotatable bonds is 6. The van der Waals surface area contributed by atoms with Crippen LogP contribution in [-0.4, -0.2) is 36.6 Å². The first-order chi connectivity index (χ1) is 16.1. The van der Waals surface area contributed by atoms with Crippen molar-refractivity contribution in [2.24, 2.45) is 11.8 Å². The molecule has 6 rings (SSSR count). The molecule has 2 aliphatic carbocycles. The molecule has 3 fully saturated rings. The normalized spacial score (nSPS) is 27.6. The second kappa shape index (κ2) is 8.33. The first-order valence-corrected chi connectivity index (χ1v) is 12.3. The molecular weight excluding hydrogens is 418 g/mol. The van der Waals surface area contributed by atoms with E-state index in [0.717, 1.165) is 67.7 Å². The zero-order chi connectivity index (χ0) is 22.4. The molecule has 2 aromatic carbocycles. The number of esters is 1. The van der Waals surface area contributed by atoms with E-state index in [1.807, 2.05) is 42.5 Å². The number of ether oxygens (including phenoxy) is 3. The van der Waals surface area contributed by atoms with Gasteiger partial charge in [0, 0.05) is 24.4 Å². The molecule has 0 aromatic heterocycles. The quantitative estimate of drug-likeness (QED) is 0.656. The fraction of sp³-hybridized carbons (Fsp3) is 0.519. The summed E-state index contributed by atoms with van der Waals surface area (Å²) in [4.78, 5) is 13.7. The van der Waals surface area contributed by atoms with Crippen LogP contribution in [0.4, 0.5) is 0 Å². The summed E-state index contributed by atoms with van der Waals surface area (Å²) in [5, 5.41) is 15.6. The average Bonchev–Trinajstić information content (AvgIpc) is 3.64. The molecule has 2 aromatic rings. The number of carbonyl (C=O) groups is 1. The highest BCUT2D eigenvalue weighted by atomic mass is 16.7. The van der Waals surface area contributed by atoms with Crippen LogP contribution in [0.5, 0.6) is 11.5 Å². The van der Waals surface area contributed by atoms with Gasteiger partial charge in [-0.3, -0.25) is 0 Å². The van der Waals surface area contributed by atoms with E-state index in [4.69, 9.17) is 14.2 Å². The van der Waals surface area contributed by atoms with E-state index in [9.17, 15) is 9.90 Å². The van der Waals surface area contributed by atoms with E-state index >= 15 is 0 Å². The van der Waals surface area contributed by atoms with Crippen molar-refractivity contribution in [3.63, 3.8) is 0 Å². The molecule has 2 saturated carbocycles. The van der Waals surface area contributed by atoms with Gasteiger partial charge in [-0.25, -0.2) is 4.79 Å². The molecule has 4 atom stereocenters. The fourth-order valence-corrected chi connectivity index (χ4v) is 6.34. The molecule has 4 aliphatic rings. The van der Waals surface area contributed by atoms with Gasteiger partial charge in [0.25, 0.3) is 0 Å². The highest BCUT2D eigenvalue weighted by molar-refractivity contribution is 5.82. The molecule has 0 amide bonds. The predicted octanol–water partition coefficient (Wildman–Crippen LogP) is 3.68. The lowest BCUT2D eigenvalue weighted by atomic mass is 9.77. The maximum Gasteiger partial charge on any atom is 0.343 e. The van der Waals surface area contributed by atoms with Crippen LogP contribution < -0.4 is 14.8 Å². The number of aliphatic hydroxyl groups is 1. The Balaban J connectivity index is 1.33. The number of piperidine rings is 1. The smallest absolute Gasteiger partial charge is 0.343 e. The summed E-state index contributed by atoms with van der Waals surface area (Å²) in [6.45, 7) is 1.13. The average molecular weight is 450 g/mol. The molecule has 2 N–H and O–H groups in total. The number of nitrogens with one attached hydrogen (secondary N) is 1. The van der Waals surface area contributed by atoms with Gasteiger partial charge >= 0.3 is 5.97 Å². The van der Waals surface area contributed by atoms with E-state index in [1.54, 1.807) is 0 Å². The molecular formula is C27H31NO5. The molecule has 0 spiro atoms. The van der Waals surface area contributed by atoms with Crippen molar-refractivity contribution in [1.82, 2.24) is 5.32 Å². The lowest BCUT2D eigenvalue weighted by Crippen LogP contribution is -2.46. The molecule has 6 nitrogen and oxygen atoms in total. The third kappa shape index (κ3) is 3.60. The first kappa shape index (κ1) is 21.0. The molecule has 3 unspecified atom stereocenters. The summed E-state index contributed by atoms with van der Waals surface area (Å²) in [5.41, 5.74) is 1.03. The maximum absolute atomic E-state index is 13.7. The number of carbonyl (C=O) groups excluding carboxylic acids is 1. The Kier molecular flexibility index (Phi) is 5.30. The van der Waals surface area contributed by atoms with Gasteiger partial charge in [0.15, 0.2) is 17.1 Å². The van der Waals surface area contributed by atoms with Crippen LogP contribution >= 0.6 is 0 Å². The largest absolute Gasteiger partial charge is 0.458 e. The lowest BCUT2D eigenvalue weighted by Gasteiger charge is -2.35. The number of hydrogen-bond acceptors (Lipinski definition) is 6. The van der Waals surface area contributed by atoms with Gasteiger partial charge in [-0.15, -0.1) is 0 Å². The predicted molar refractivity (Wildman–Crippen MR) is 122 cm³/mol. The van der Waals surface area contributed by atoms with E-state index in [-0.39, 0.29) is 24.9 Å². The van der Waals surface area contributed by atoms with Gasteiger partial charge in [-0.2, -0.15) is 0 Å². The Morgan fingerprint density at radius 2 is 1.88 bits per heavy atom. The number of benzene rings is 2. The lowest BCUT2D eigenvalue weighted by molar-refractivity contribution is -0.180. The van der Waals surface area contributed by atoms with Crippen LogP contribution in [0.1, 0.15) is 55.2 Å². The molecule has 174 valence electrons. The van der Waals surface area contributed by atoms with Gasteiger partial charge in [-0.1, -0.05) is 43.2 Å². The van der Waals surface area contributed by atoms with E-state index in [0.29, 0.717) is 17.9 Å². The molecule has 2 bridgehead atoms. The summed E-state index contributed by atoms with van der Waals surface area (Å²) in [6, 6.07) is 13.9. The van der Waals surface area contributed by atoms with Crippen molar-refractivity contribution in [3.05, 3.63) is 59.2 Å². The Labute approximate surface area is 194 Å². The van der Waals surface area contributed by atoms with Crippen molar-refractivity contribution < 1.29 is 24.1 Å². The van der Waals surface area contributed by atoms with E-state index in [1.165, 1.54) is 0 Å². The van der Waals surface area contributed by atoms with Gasteiger partial charge in [-0.05, 0) is 60.9 Å². The van der Waals surface area contributed by atoms with Crippen molar-refractivity contribution in [2.45, 2.75) is 62.7 Å². The zero-order valence-corrected chi connectivity index (χ0v) is 18.8. The van der Waals surface area contributed by atoms with Crippen LogP contribution in [-0.2, 0) is 21.6 Å². The Hall–Kier alpha value is -2.57. The minimum Gasteiger partial charge on any atom is -0.458 e. The Bertz CT molecular complexity index is 1030. The summed E-state index contributed by atoms with van der Waals surface area (Å²) in [7, 11) is 0. The molecule has 2 heterocycles. The standard InChI is InChI=1S/C27H31NO5/c29-26(33-25-19-10-11-22(25)28-15-19)27(30,20-6-2-3-7-20)21-8-4-1-5-18(21)13-17-9-12-23-24(14-17)32-16-31-23/h1,4-5,8-9,12,14,19-20,22,25,28,30H,2-3,6-7,10-11,13,15-16H2/t19?,22-,25?,27?/m1/s1. The minimum absolute atomic E-state index is 0.130. The molecule has 1 saturated heterocycles. The fourth-order valence-electron chi connectivity index (χ4n) is 6.34. The first-order valence-electron chi connectivity index (χ1n) is 12.3. The second-order valence-corrected chi connectivity index (χ2v) is 9.99. The van der Waals surface area contributed by atoms with Crippen LogP contribution in [0.25, 0.3) is 0 Å². The molecule has 6 heteroatoms. The minimum atomic E-state index is -1.63. The third-order valence-corrected chi connectivity index (χ3v) is 8.11. The molecule has 0 radical (unpaired) electrons. The van der Waals surface area contributed by atoms with Crippen LogP contribution in [0.3, 0.4) is 0 Å². The second-order valence-electron chi connectivity index (χ2n) is 9.99. The number of hydrogen-bond donors (Lipinski definition) is 2. The van der Waals surface area contributed by atoms with Gasteiger partial charge in [0.05, 0.1) is 0 Å². The summed E-state index contributed by atoms with van der Waals surface area (Å²) >= 11 is 0. The van der Waals surface area contributed by atoms with E-state index in [2.05, 4.69) is 5.32 Å². The third-order valence-electron chi connectivity index (χ3n) is 8.11. The molecule has 33 heavy (non-hydrogen) atoms. The van der Waals surface area contributed by atoms with Crippen LogP contribution in [0.15, 0.2) is 42.5 Å². The van der Waals surface area contributed by atoms with Crippen molar-refractivity contribution >= 4 is 5.97 Å². The van der Waals surface area contributed by atoms with Gasteiger partial charge in [0.1, 0.15) is 6.10 Å². The highest BCUT2D eigenvalue weighted by Crippen LogP contribution is 2.45. The van der Waals surface area contributed by atoms with Crippen molar-refractivity contribution in [3.8, 4) is 11.5 Å². The highest BCUT2D eigenvalue weighted by Gasteiger charge is 2.52. The van der Waals surface area contributed by atoms with Crippen LogP contribution in [0, 0.1) is 11.8 Å². The van der Waals surface area contributed by atoms with Crippen molar-refractivity contribution in [1.29, 1.82) is 0 Å². The summed E-state index contributed by atoms with van der Waals surface area (Å²) < 4.78 is 17.1. The zero-order valence-electron chi connectivity index (χ0n) is 18.8. The monoisotopic (exact) mass is 449 g/mol. The Morgan fingerprint density at radius 3 is 2.64 bits per heavy atom. The van der Waals surface area contributed by atoms with Crippen molar-refractivity contribution in [2.75, 3.05) is 13.3 Å². The van der Waals surface area contributed by atoms with E-state index < -0.39 is 11.6 Å². The Morgan fingerprint density at radius 1 is 1.06 bits per heavy atom. The number of fused-ring (bicyclic) bond motifs is 3. The maximum atomic E-state index is 13.7. The summed E-state index contributed by atoms with van der Waals surface area (Å²) in [6.07, 6.45) is 6.29. The molecule has 2 aliphatic heterocycles. The van der Waals surface area contributed by atoms with Gasteiger partial charge in [0.2, 0.25) is 6.79 Å². The summed E-state index contributed by atoms with van der Waals surface area (Å²) in [5.74, 6) is 1.24. The van der Waals surface area contributed by atoms with Crippen LogP contribution in [0.2, 0.25) is 0 Å². The SMILES string of the molecule is O=C(OC1C2CC[C@H]1NC2)C(O)(c1ccccc1Cc1ccc2c(c1)OCO2)C1CCCC1. The van der Waals surface area contributed by atoms with Gasteiger partial charge < -0.3 is 24.6 Å².